The smallest absolute Gasteiger partial charge is 0.270 e. The van der Waals surface area contributed by atoms with Crippen molar-refractivity contribution in [1.29, 1.82) is 0 Å². The van der Waals surface area contributed by atoms with Gasteiger partial charge in [-0.05, 0) is 25.9 Å². The average Bonchev–Trinajstić information content (AvgIpc) is 2.84. The van der Waals surface area contributed by atoms with Crippen LogP contribution in [0.4, 0.5) is 0 Å². The fourth-order valence-corrected chi connectivity index (χ4v) is 2.46. The molecule has 1 aromatic rings. The number of nitrogens with zero attached hydrogens (tertiary/aromatic N) is 2. The molecule has 1 aromatic heterocycles. The quantitative estimate of drug-likeness (QED) is 0.863. The highest BCUT2D eigenvalue weighted by atomic mass is 32.1. The van der Waals surface area contributed by atoms with Crippen molar-refractivity contribution in [2.75, 3.05) is 26.2 Å². The number of likely N-dealkylation sites (tertiary alicyclic amines) is 1. The van der Waals surface area contributed by atoms with Crippen molar-refractivity contribution in [2.24, 2.45) is 0 Å². The fourth-order valence-electron chi connectivity index (χ4n) is 1.93. The van der Waals surface area contributed by atoms with E-state index in [1.54, 1.807) is 10.9 Å². The van der Waals surface area contributed by atoms with Crippen molar-refractivity contribution in [1.82, 2.24) is 15.2 Å². The maximum atomic E-state index is 11.6. The lowest BCUT2D eigenvalue weighted by Gasteiger charge is -2.26. The van der Waals surface area contributed by atoms with Crippen LogP contribution in [0.3, 0.4) is 0 Å². The zero-order valence-corrected chi connectivity index (χ0v) is 10.1. The van der Waals surface area contributed by atoms with Crippen molar-refractivity contribution in [2.45, 2.75) is 19.3 Å². The third-order valence-corrected chi connectivity index (χ3v) is 3.41. The van der Waals surface area contributed by atoms with Gasteiger partial charge in [0.05, 0.1) is 5.51 Å². The fraction of sp³-hybridized carbons (Fsp3) is 0.636. The predicted octanol–water partition coefficient (Wildman–Crippen LogP) is 1.36. The van der Waals surface area contributed by atoms with E-state index in [2.05, 4.69) is 15.2 Å². The van der Waals surface area contributed by atoms with Crippen molar-refractivity contribution in [3.8, 4) is 0 Å². The maximum Gasteiger partial charge on any atom is 0.270 e. The maximum absolute atomic E-state index is 11.6. The highest BCUT2D eigenvalue weighted by Crippen LogP contribution is 2.07. The SMILES string of the molecule is O=C(NCCN1CCCCC1)c1cscn1. The first kappa shape index (κ1) is 11.5. The van der Waals surface area contributed by atoms with E-state index in [1.807, 2.05) is 0 Å². The zero-order chi connectivity index (χ0) is 11.2. The molecular weight excluding hydrogens is 222 g/mol. The van der Waals surface area contributed by atoms with Crippen LogP contribution in [-0.4, -0.2) is 42.0 Å². The van der Waals surface area contributed by atoms with Crippen LogP contribution in [0.2, 0.25) is 0 Å². The molecule has 4 nitrogen and oxygen atoms in total. The molecule has 1 aliphatic heterocycles. The van der Waals surface area contributed by atoms with Gasteiger partial charge in [-0.1, -0.05) is 6.42 Å². The Balaban J connectivity index is 1.66. The summed E-state index contributed by atoms with van der Waals surface area (Å²) in [5, 5.41) is 4.67. The highest BCUT2D eigenvalue weighted by molar-refractivity contribution is 7.07. The molecule has 0 bridgehead atoms. The van der Waals surface area contributed by atoms with Gasteiger partial charge < -0.3 is 10.2 Å². The van der Waals surface area contributed by atoms with Crippen molar-refractivity contribution in [3.05, 3.63) is 16.6 Å². The standard InChI is InChI=1S/C11H17N3OS/c15-11(10-8-16-9-13-10)12-4-7-14-5-2-1-3-6-14/h8-9H,1-7H2,(H,12,15). The molecule has 1 saturated heterocycles. The number of carbonyl (C=O) groups is 1. The Morgan fingerprint density at radius 2 is 2.25 bits per heavy atom. The Morgan fingerprint density at radius 1 is 1.44 bits per heavy atom. The molecule has 5 heteroatoms. The first-order valence-electron chi connectivity index (χ1n) is 5.75. The van der Waals surface area contributed by atoms with Crippen LogP contribution in [0.5, 0.6) is 0 Å². The van der Waals surface area contributed by atoms with Crippen LogP contribution in [0.25, 0.3) is 0 Å². The Kier molecular flexibility index (Phi) is 4.30. The van der Waals surface area contributed by atoms with Gasteiger partial charge in [0.1, 0.15) is 5.69 Å². The van der Waals surface area contributed by atoms with Gasteiger partial charge in [0.25, 0.3) is 5.91 Å². The minimum absolute atomic E-state index is 0.0572. The number of thiazole rings is 1. The van der Waals surface area contributed by atoms with Gasteiger partial charge in [-0.2, -0.15) is 0 Å². The summed E-state index contributed by atoms with van der Waals surface area (Å²) in [6, 6.07) is 0. The summed E-state index contributed by atoms with van der Waals surface area (Å²) >= 11 is 1.45. The molecule has 1 amide bonds. The number of aromatic nitrogens is 1. The Labute approximate surface area is 99.7 Å². The van der Waals surface area contributed by atoms with Gasteiger partial charge in [-0.15, -0.1) is 11.3 Å². The van der Waals surface area contributed by atoms with E-state index in [0.29, 0.717) is 5.69 Å². The van der Waals surface area contributed by atoms with Crippen molar-refractivity contribution in [3.63, 3.8) is 0 Å². The van der Waals surface area contributed by atoms with E-state index in [9.17, 15) is 4.79 Å². The molecule has 0 atom stereocenters. The van der Waals surface area contributed by atoms with Crippen LogP contribution in [0.1, 0.15) is 29.8 Å². The van der Waals surface area contributed by atoms with Gasteiger partial charge in [-0.3, -0.25) is 4.79 Å². The molecule has 88 valence electrons. The molecule has 0 aromatic carbocycles. The van der Waals surface area contributed by atoms with Crippen LogP contribution in [0.15, 0.2) is 10.9 Å². The van der Waals surface area contributed by atoms with Gasteiger partial charge in [0, 0.05) is 18.5 Å². The summed E-state index contributed by atoms with van der Waals surface area (Å²) in [6.45, 7) is 4.02. The predicted molar refractivity (Wildman–Crippen MR) is 64.7 cm³/mol. The molecule has 0 spiro atoms. The number of amides is 1. The average molecular weight is 239 g/mol. The molecule has 1 aliphatic rings. The Hall–Kier alpha value is -0.940. The molecule has 2 rings (SSSR count). The summed E-state index contributed by atoms with van der Waals surface area (Å²) < 4.78 is 0. The first-order chi connectivity index (χ1) is 7.86. The molecule has 0 aliphatic carbocycles. The van der Waals surface area contributed by atoms with Gasteiger partial charge >= 0.3 is 0 Å². The van der Waals surface area contributed by atoms with Crippen molar-refractivity contribution >= 4 is 17.2 Å². The molecule has 2 heterocycles. The van der Waals surface area contributed by atoms with Crippen LogP contribution < -0.4 is 5.32 Å². The van der Waals surface area contributed by atoms with Gasteiger partial charge in [0.15, 0.2) is 0 Å². The number of hydrogen-bond donors (Lipinski definition) is 1. The molecule has 1 fully saturated rings. The lowest BCUT2D eigenvalue weighted by molar-refractivity contribution is 0.0942. The number of rotatable bonds is 4. The molecule has 0 saturated carbocycles. The van der Waals surface area contributed by atoms with Crippen LogP contribution >= 0.6 is 11.3 Å². The monoisotopic (exact) mass is 239 g/mol. The van der Waals surface area contributed by atoms with E-state index < -0.39 is 0 Å². The van der Waals surface area contributed by atoms with E-state index in [0.717, 1.165) is 13.1 Å². The summed E-state index contributed by atoms with van der Waals surface area (Å²) in [5.41, 5.74) is 2.21. The van der Waals surface area contributed by atoms with Crippen LogP contribution in [0, 0.1) is 0 Å². The van der Waals surface area contributed by atoms with E-state index >= 15 is 0 Å². The van der Waals surface area contributed by atoms with E-state index in [4.69, 9.17) is 0 Å². The van der Waals surface area contributed by atoms with Gasteiger partial charge in [-0.25, -0.2) is 4.98 Å². The second kappa shape index (κ2) is 5.96. The second-order valence-electron chi connectivity index (χ2n) is 4.03. The third-order valence-electron chi connectivity index (χ3n) is 2.83. The Morgan fingerprint density at radius 3 is 2.94 bits per heavy atom. The largest absolute Gasteiger partial charge is 0.349 e. The van der Waals surface area contributed by atoms with Crippen LogP contribution in [-0.2, 0) is 0 Å². The molecule has 1 N–H and O–H groups in total. The number of hydrogen-bond acceptors (Lipinski definition) is 4. The topological polar surface area (TPSA) is 45.2 Å². The van der Waals surface area contributed by atoms with E-state index in [1.165, 1.54) is 43.7 Å². The third kappa shape index (κ3) is 3.28. The summed E-state index contributed by atoms with van der Waals surface area (Å²) in [6.07, 6.45) is 3.93. The van der Waals surface area contributed by atoms with Gasteiger partial charge in [0.2, 0.25) is 0 Å². The summed E-state index contributed by atoms with van der Waals surface area (Å²) in [7, 11) is 0. The van der Waals surface area contributed by atoms with Crippen molar-refractivity contribution < 1.29 is 4.79 Å². The minimum Gasteiger partial charge on any atom is -0.349 e. The lowest BCUT2D eigenvalue weighted by atomic mass is 10.1. The zero-order valence-electron chi connectivity index (χ0n) is 9.32. The first-order valence-corrected chi connectivity index (χ1v) is 6.69. The number of piperidine rings is 1. The molecule has 0 unspecified atom stereocenters. The normalized spacial score (nSPS) is 17.2. The minimum atomic E-state index is -0.0572. The Bertz CT molecular complexity index is 320. The number of carbonyl (C=O) groups excluding carboxylic acids is 1. The molecular formula is C11H17N3OS. The highest BCUT2D eigenvalue weighted by Gasteiger charge is 2.11. The molecule has 0 radical (unpaired) electrons. The summed E-state index contributed by atoms with van der Waals surface area (Å²) in [5.74, 6) is -0.0572. The lowest BCUT2D eigenvalue weighted by Crippen LogP contribution is -2.37. The molecule has 16 heavy (non-hydrogen) atoms. The summed E-state index contributed by atoms with van der Waals surface area (Å²) in [4.78, 5) is 17.9. The van der Waals surface area contributed by atoms with E-state index in [-0.39, 0.29) is 5.91 Å². The number of nitrogens with one attached hydrogen (secondary N) is 1. The second-order valence-corrected chi connectivity index (χ2v) is 4.75.